The van der Waals surface area contributed by atoms with E-state index in [2.05, 4.69) is 18.7 Å². The van der Waals surface area contributed by atoms with Gasteiger partial charge in [0.25, 0.3) is 10.0 Å². The molecule has 0 amide bonds. The number of hydrogen-bond acceptors (Lipinski definition) is 4. The Bertz CT molecular complexity index is 1230. The Labute approximate surface area is 165 Å². The minimum Gasteiger partial charge on any atom is -0.298 e. The molecular formula is C22H23N3O2S. The predicted molar refractivity (Wildman–Crippen MR) is 113 cm³/mol. The van der Waals surface area contributed by atoms with E-state index >= 15 is 0 Å². The molecule has 0 atom stereocenters. The second-order valence-electron chi connectivity index (χ2n) is 6.73. The molecule has 4 rings (SSSR count). The number of nitrogens with zero attached hydrogens (tertiary/aromatic N) is 3. The van der Waals surface area contributed by atoms with Crippen molar-refractivity contribution in [3.63, 3.8) is 0 Å². The minimum atomic E-state index is -3.70. The quantitative estimate of drug-likeness (QED) is 0.491. The lowest BCUT2D eigenvalue weighted by molar-refractivity contribution is 0.293. The highest BCUT2D eigenvalue weighted by Crippen LogP contribution is 2.30. The molecule has 2 aromatic carbocycles. The van der Waals surface area contributed by atoms with Crippen molar-refractivity contribution in [2.75, 3.05) is 13.1 Å². The van der Waals surface area contributed by atoms with Crippen molar-refractivity contribution in [1.29, 1.82) is 0 Å². The molecule has 6 heteroatoms. The van der Waals surface area contributed by atoms with Crippen molar-refractivity contribution in [3.05, 3.63) is 72.6 Å². The average molecular weight is 394 g/mol. The third-order valence-electron chi connectivity index (χ3n) is 5.14. The molecule has 0 aliphatic rings. The zero-order valence-electron chi connectivity index (χ0n) is 16.0. The summed E-state index contributed by atoms with van der Waals surface area (Å²) < 4.78 is 28.1. The first-order chi connectivity index (χ1) is 13.6. The van der Waals surface area contributed by atoms with Gasteiger partial charge < -0.3 is 0 Å². The van der Waals surface area contributed by atoms with Crippen LogP contribution in [0.2, 0.25) is 0 Å². The second kappa shape index (κ2) is 7.37. The summed E-state index contributed by atoms with van der Waals surface area (Å²) in [5, 5.41) is 1.87. The van der Waals surface area contributed by atoms with E-state index in [9.17, 15) is 8.42 Å². The van der Waals surface area contributed by atoms with Crippen LogP contribution in [-0.4, -0.2) is 35.4 Å². The summed E-state index contributed by atoms with van der Waals surface area (Å²) in [7, 11) is -3.70. The largest absolute Gasteiger partial charge is 0.298 e. The van der Waals surface area contributed by atoms with Crippen LogP contribution in [0.3, 0.4) is 0 Å². The summed E-state index contributed by atoms with van der Waals surface area (Å²) in [6.45, 7) is 6.54. The van der Waals surface area contributed by atoms with E-state index in [4.69, 9.17) is 4.98 Å². The van der Waals surface area contributed by atoms with Crippen molar-refractivity contribution in [3.8, 4) is 0 Å². The molecule has 0 N–H and O–H groups in total. The number of fused-ring (bicyclic) bond motifs is 3. The lowest BCUT2D eigenvalue weighted by Gasteiger charge is -2.19. The van der Waals surface area contributed by atoms with E-state index in [0.29, 0.717) is 12.1 Å². The Kier molecular flexibility index (Phi) is 4.91. The Hall–Kier alpha value is -2.70. The maximum atomic E-state index is 13.3. The number of hydrogen-bond donors (Lipinski definition) is 0. The van der Waals surface area contributed by atoms with Gasteiger partial charge in [0.2, 0.25) is 0 Å². The van der Waals surface area contributed by atoms with Gasteiger partial charge in [-0.2, -0.15) is 0 Å². The molecule has 0 aliphatic heterocycles. The zero-order chi connectivity index (χ0) is 19.7. The van der Waals surface area contributed by atoms with Gasteiger partial charge in [-0.25, -0.2) is 17.4 Å². The summed E-state index contributed by atoms with van der Waals surface area (Å²) in [6.07, 6.45) is 1.65. The van der Waals surface area contributed by atoms with Gasteiger partial charge in [-0.05, 0) is 37.4 Å². The van der Waals surface area contributed by atoms with Gasteiger partial charge in [0.1, 0.15) is 0 Å². The monoisotopic (exact) mass is 393 g/mol. The SMILES string of the molecule is CCN(CC)Cc1nc2ccccc2c2ccn(S(=O)(=O)c3ccccc3)c12. The molecule has 2 heterocycles. The predicted octanol–water partition coefficient (Wildman–Crippen LogP) is 4.27. The topological polar surface area (TPSA) is 55.2 Å². The first-order valence-corrected chi connectivity index (χ1v) is 10.9. The summed E-state index contributed by atoms with van der Waals surface area (Å²) >= 11 is 0. The number of para-hydroxylation sites is 1. The van der Waals surface area contributed by atoms with E-state index < -0.39 is 10.0 Å². The van der Waals surface area contributed by atoms with Gasteiger partial charge >= 0.3 is 0 Å². The molecule has 4 aromatic rings. The molecule has 28 heavy (non-hydrogen) atoms. The van der Waals surface area contributed by atoms with Crippen molar-refractivity contribution < 1.29 is 8.42 Å². The van der Waals surface area contributed by atoms with E-state index in [1.807, 2.05) is 36.4 Å². The first-order valence-electron chi connectivity index (χ1n) is 9.48. The van der Waals surface area contributed by atoms with Crippen molar-refractivity contribution >= 4 is 31.8 Å². The number of aromatic nitrogens is 2. The second-order valence-corrected chi connectivity index (χ2v) is 8.54. The Morgan fingerprint density at radius 2 is 1.57 bits per heavy atom. The highest BCUT2D eigenvalue weighted by atomic mass is 32.2. The molecule has 2 aromatic heterocycles. The van der Waals surface area contributed by atoms with Gasteiger partial charge in [0.05, 0.1) is 21.6 Å². The maximum Gasteiger partial charge on any atom is 0.268 e. The van der Waals surface area contributed by atoms with Crippen LogP contribution in [0.5, 0.6) is 0 Å². The molecule has 0 spiro atoms. The van der Waals surface area contributed by atoms with Crippen LogP contribution < -0.4 is 0 Å². The molecule has 0 radical (unpaired) electrons. The Morgan fingerprint density at radius 1 is 0.893 bits per heavy atom. The van der Waals surface area contributed by atoms with Gasteiger partial charge in [0.15, 0.2) is 0 Å². The van der Waals surface area contributed by atoms with Gasteiger partial charge in [-0.3, -0.25) is 4.90 Å². The molecule has 5 nitrogen and oxygen atoms in total. The lowest BCUT2D eigenvalue weighted by Crippen LogP contribution is -2.23. The normalized spacial score (nSPS) is 12.2. The summed E-state index contributed by atoms with van der Waals surface area (Å²) in [5.74, 6) is 0. The van der Waals surface area contributed by atoms with Crippen LogP contribution in [-0.2, 0) is 16.6 Å². The summed E-state index contributed by atoms with van der Waals surface area (Å²) in [6, 6.07) is 18.3. The van der Waals surface area contributed by atoms with Crippen LogP contribution in [0.15, 0.2) is 71.8 Å². The summed E-state index contributed by atoms with van der Waals surface area (Å²) in [5.41, 5.74) is 2.32. The smallest absolute Gasteiger partial charge is 0.268 e. The Morgan fingerprint density at radius 3 is 2.29 bits per heavy atom. The van der Waals surface area contributed by atoms with Gasteiger partial charge in [-0.1, -0.05) is 50.2 Å². The molecule has 0 saturated heterocycles. The fourth-order valence-electron chi connectivity index (χ4n) is 3.59. The third-order valence-corrected chi connectivity index (χ3v) is 6.83. The van der Waals surface area contributed by atoms with Crippen LogP contribution in [0.25, 0.3) is 21.8 Å². The average Bonchev–Trinajstić information content (AvgIpc) is 3.19. The number of pyridine rings is 1. The number of benzene rings is 2. The fraction of sp³-hybridized carbons (Fsp3) is 0.227. The minimum absolute atomic E-state index is 0.273. The van der Waals surface area contributed by atoms with Crippen molar-refractivity contribution in [1.82, 2.24) is 13.9 Å². The molecule has 0 aliphatic carbocycles. The fourth-order valence-corrected chi connectivity index (χ4v) is 4.98. The summed E-state index contributed by atoms with van der Waals surface area (Å²) in [4.78, 5) is 7.36. The molecular weight excluding hydrogens is 370 g/mol. The van der Waals surface area contributed by atoms with Gasteiger partial charge in [-0.15, -0.1) is 0 Å². The molecule has 0 fully saturated rings. The highest BCUT2D eigenvalue weighted by Gasteiger charge is 2.23. The van der Waals surface area contributed by atoms with Gasteiger partial charge in [0, 0.05) is 23.5 Å². The standard InChI is InChI=1S/C22H23N3O2S/c1-3-24(4-2)16-21-22-19(18-12-8-9-13-20(18)23-21)14-15-25(22)28(26,27)17-10-6-5-7-11-17/h5-15H,3-4,16H2,1-2H3. The highest BCUT2D eigenvalue weighted by molar-refractivity contribution is 7.90. The maximum absolute atomic E-state index is 13.3. The van der Waals surface area contributed by atoms with Crippen molar-refractivity contribution in [2.45, 2.75) is 25.3 Å². The lowest BCUT2D eigenvalue weighted by atomic mass is 10.1. The number of rotatable bonds is 6. The van der Waals surface area contributed by atoms with Crippen LogP contribution in [0, 0.1) is 0 Å². The zero-order valence-corrected chi connectivity index (χ0v) is 16.9. The molecule has 0 bridgehead atoms. The Balaban J connectivity index is 2.02. The van der Waals surface area contributed by atoms with Crippen molar-refractivity contribution in [2.24, 2.45) is 0 Å². The van der Waals surface area contributed by atoms with E-state index in [-0.39, 0.29) is 4.90 Å². The van der Waals surface area contributed by atoms with Crippen LogP contribution >= 0.6 is 0 Å². The van der Waals surface area contributed by atoms with E-state index in [1.165, 1.54) is 3.97 Å². The molecule has 144 valence electrons. The van der Waals surface area contributed by atoms with E-state index in [1.54, 1.807) is 30.5 Å². The van der Waals surface area contributed by atoms with E-state index in [0.717, 1.165) is 35.1 Å². The molecule has 0 unspecified atom stereocenters. The van der Waals surface area contributed by atoms with Crippen LogP contribution in [0.1, 0.15) is 19.5 Å². The molecule has 0 saturated carbocycles. The first kappa shape index (κ1) is 18.7. The van der Waals surface area contributed by atoms with Crippen LogP contribution in [0.4, 0.5) is 0 Å². The third kappa shape index (κ3) is 3.08.